The van der Waals surface area contributed by atoms with Crippen LogP contribution in [-0.4, -0.2) is 39.4 Å². The lowest BCUT2D eigenvalue weighted by Crippen LogP contribution is -2.51. The predicted octanol–water partition coefficient (Wildman–Crippen LogP) is 0.707. The van der Waals surface area contributed by atoms with Crippen molar-refractivity contribution in [2.75, 3.05) is 0 Å². The molecule has 1 fully saturated rings. The first-order valence-corrected chi connectivity index (χ1v) is 6.46. The van der Waals surface area contributed by atoms with Crippen molar-refractivity contribution in [3.63, 3.8) is 0 Å². The summed E-state index contributed by atoms with van der Waals surface area (Å²) in [5.41, 5.74) is -0.0489. The number of hydrogen-bond donors (Lipinski definition) is 2. The van der Waals surface area contributed by atoms with E-state index in [4.69, 9.17) is 0 Å². The van der Waals surface area contributed by atoms with Crippen LogP contribution >= 0.6 is 0 Å². The molecular formula is C14H20N2O3. The maximum absolute atomic E-state index is 12.1. The van der Waals surface area contributed by atoms with Crippen molar-refractivity contribution in [2.24, 2.45) is 0 Å². The van der Waals surface area contributed by atoms with E-state index in [1.54, 1.807) is 6.92 Å². The summed E-state index contributed by atoms with van der Waals surface area (Å²) in [5.74, 6) is 0.0767. The molecule has 0 spiro atoms. The molecule has 0 aromatic heterocycles. The van der Waals surface area contributed by atoms with Gasteiger partial charge in [0.15, 0.2) is 5.78 Å². The number of allylic oxidation sites excluding steroid dienone is 1. The van der Waals surface area contributed by atoms with Gasteiger partial charge in [-0.2, -0.15) is 0 Å². The number of hydrogen-bond acceptors (Lipinski definition) is 4. The number of aliphatic hydroxyl groups is 1. The second-order valence-electron chi connectivity index (χ2n) is 5.72. The molecule has 3 atom stereocenters. The van der Waals surface area contributed by atoms with Gasteiger partial charge in [-0.1, -0.05) is 5.57 Å². The van der Waals surface area contributed by atoms with Crippen molar-refractivity contribution in [3.8, 4) is 0 Å². The number of nitrogens with zero attached hydrogens (tertiary/aromatic N) is 1. The molecule has 1 saturated heterocycles. The van der Waals surface area contributed by atoms with Gasteiger partial charge in [-0.15, -0.1) is 0 Å². The van der Waals surface area contributed by atoms with Gasteiger partial charge in [-0.05, 0) is 34.1 Å². The topological polar surface area (TPSA) is 69.6 Å². The van der Waals surface area contributed by atoms with Crippen molar-refractivity contribution in [1.29, 1.82) is 0 Å². The zero-order valence-corrected chi connectivity index (χ0v) is 11.7. The van der Waals surface area contributed by atoms with Gasteiger partial charge >= 0.3 is 0 Å². The van der Waals surface area contributed by atoms with E-state index >= 15 is 0 Å². The van der Waals surface area contributed by atoms with Crippen molar-refractivity contribution >= 4 is 11.7 Å². The van der Waals surface area contributed by atoms with Crippen LogP contribution in [0.5, 0.6) is 0 Å². The largest absolute Gasteiger partial charge is 0.390 e. The van der Waals surface area contributed by atoms with Crippen LogP contribution in [-0.2, 0) is 9.59 Å². The number of carbonyl (C=O) groups is 2. The minimum Gasteiger partial charge on any atom is -0.390 e. The Labute approximate surface area is 113 Å². The lowest BCUT2D eigenvalue weighted by atomic mass is 9.93. The smallest absolute Gasteiger partial charge is 0.249 e. The van der Waals surface area contributed by atoms with Gasteiger partial charge in [0.1, 0.15) is 11.4 Å². The molecule has 104 valence electrons. The Morgan fingerprint density at radius 2 is 2.21 bits per heavy atom. The summed E-state index contributed by atoms with van der Waals surface area (Å²) in [7, 11) is 0. The summed E-state index contributed by atoms with van der Waals surface area (Å²) in [6, 6.07) is 0.0182. The predicted molar refractivity (Wildman–Crippen MR) is 71.0 cm³/mol. The molecule has 19 heavy (non-hydrogen) atoms. The SMILES string of the molecule is CC(C)=CC(=O)NC1=CC(=O)[C@@]2(C)[C@H](O)C[C@H](C)N12. The molecule has 0 bridgehead atoms. The number of ketones is 1. The van der Waals surface area contributed by atoms with Crippen LogP contribution in [0.25, 0.3) is 0 Å². The monoisotopic (exact) mass is 264 g/mol. The minimum atomic E-state index is -0.937. The van der Waals surface area contributed by atoms with E-state index in [9.17, 15) is 14.7 Å². The molecule has 5 heteroatoms. The first-order valence-electron chi connectivity index (χ1n) is 6.46. The normalized spacial score (nSPS) is 33.0. The molecule has 2 N–H and O–H groups in total. The number of carbonyl (C=O) groups excluding carboxylic acids is 2. The maximum Gasteiger partial charge on any atom is 0.249 e. The second kappa shape index (κ2) is 4.49. The van der Waals surface area contributed by atoms with E-state index in [2.05, 4.69) is 5.32 Å². The molecule has 0 aromatic rings. The van der Waals surface area contributed by atoms with E-state index in [1.165, 1.54) is 12.2 Å². The first-order chi connectivity index (χ1) is 8.76. The molecule has 0 radical (unpaired) electrons. The minimum absolute atomic E-state index is 0.0182. The standard InChI is InChI=1S/C14H20N2O3/c1-8(2)5-13(19)15-12-7-11(18)14(4)10(17)6-9(3)16(12)14/h5,7,9-10,17H,6H2,1-4H3,(H,15,19)/t9-,10+,14+/m0/s1. The summed E-state index contributed by atoms with van der Waals surface area (Å²) in [4.78, 5) is 25.7. The highest BCUT2D eigenvalue weighted by molar-refractivity contribution is 6.03. The van der Waals surface area contributed by atoms with Gasteiger partial charge in [0.25, 0.3) is 0 Å². The van der Waals surface area contributed by atoms with Crippen LogP contribution in [0, 0.1) is 0 Å². The molecule has 0 aromatic carbocycles. The van der Waals surface area contributed by atoms with Crippen LogP contribution in [0.15, 0.2) is 23.5 Å². The number of nitrogens with one attached hydrogen (secondary N) is 1. The van der Waals surface area contributed by atoms with Crippen molar-refractivity contribution in [1.82, 2.24) is 10.2 Å². The van der Waals surface area contributed by atoms with Gasteiger partial charge in [-0.25, -0.2) is 0 Å². The fourth-order valence-electron chi connectivity index (χ4n) is 2.91. The number of fused-ring (bicyclic) bond motifs is 1. The van der Waals surface area contributed by atoms with E-state index in [0.717, 1.165) is 5.57 Å². The van der Waals surface area contributed by atoms with Gasteiger partial charge in [-0.3, -0.25) is 9.59 Å². The third-order valence-corrected chi connectivity index (χ3v) is 3.85. The average Bonchev–Trinajstić information content (AvgIpc) is 2.62. The molecule has 2 rings (SSSR count). The Morgan fingerprint density at radius 3 is 2.79 bits per heavy atom. The van der Waals surface area contributed by atoms with Crippen molar-refractivity contribution in [3.05, 3.63) is 23.5 Å². The lowest BCUT2D eigenvalue weighted by Gasteiger charge is -2.34. The number of rotatable bonds is 2. The van der Waals surface area contributed by atoms with Crippen LogP contribution in [0.3, 0.4) is 0 Å². The molecule has 1 amide bonds. The maximum atomic E-state index is 12.1. The zero-order chi connectivity index (χ0) is 14.4. The van der Waals surface area contributed by atoms with Crippen molar-refractivity contribution in [2.45, 2.75) is 51.8 Å². The molecule has 0 unspecified atom stereocenters. The van der Waals surface area contributed by atoms with Crippen LogP contribution in [0.1, 0.15) is 34.1 Å². The molecule has 2 heterocycles. The van der Waals surface area contributed by atoms with Crippen molar-refractivity contribution < 1.29 is 14.7 Å². The Bertz CT molecular complexity index is 491. The fraction of sp³-hybridized carbons (Fsp3) is 0.571. The third-order valence-electron chi connectivity index (χ3n) is 3.85. The summed E-state index contributed by atoms with van der Waals surface area (Å²) in [5, 5.41) is 12.8. The number of aliphatic hydroxyl groups excluding tert-OH is 1. The fourth-order valence-corrected chi connectivity index (χ4v) is 2.91. The molecule has 0 saturated carbocycles. The molecule has 2 aliphatic heterocycles. The quantitative estimate of drug-likeness (QED) is 0.721. The third kappa shape index (κ3) is 2.08. The van der Waals surface area contributed by atoms with Crippen LogP contribution < -0.4 is 5.32 Å². The Kier molecular flexibility index (Phi) is 3.26. The molecular weight excluding hydrogens is 244 g/mol. The van der Waals surface area contributed by atoms with Gasteiger partial charge in [0.05, 0.1) is 6.10 Å². The Hall–Kier alpha value is -1.62. The molecule has 2 aliphatic rings. The van der Waals surface area contributed by atoms with Gasteiger partial charge in [0.2, 0.25) is 5.91 Å². The Morgan fingerprint density at radius 1 is 1.58 bits per heavy atom. The van der Waals surface area contributed by atoms with E-state index in [1.807, 2.05) is 25.7 Å². The molecule has 0 aliphatic carbocycles. The highest BCUT2D eigenvalue weighted by Crippen LogP contribution is 2.41. The summed E-state index contributed by atoms with van der Waals surface area (Å²) in [6.07, 6.45) is 2.72. The van der Waals surface area contributed by atoms with E-state index < -0.39 is 11.6 Å². The highest BCUT2D eigenvalue weighted by atomic mass is 16.3. The summed E-state index contributed by atoms with van der Waals surface area (Å²) >= 11 is 0. The van der Waals surface area contributed by atoms with Gasteiger partial charge in [0, 0.05) is 18.2 Å². The van der Waals surface area contributed by atoms with Crippen LogP contribution in [0.2, 0.25) is 0 Å². The summed E-state index contributed by atoms with van der Waals surface area (Å²) in [6.45, 7) is 7.33. The average molecular weight is 264 g/mol. The zero-order valence-electron chi connectivity index (χ0n) is 11.7. The first kappa shape index (κ1) is 13.8. The lowest BCUT2D eigenvalue weighted by molar-refractivity contribution is -0.125. The van der Waals surface area contributed by atoms with E-state index in [-0.39, 0.29) is 17.7 Å². The second-order valence-corrected chi connectivity index (χ2v) is 5.72. The summed E-state index contributed by atoms with van der Waals surface area (Å²) < 4.78 is 0. The van der Waals surface area contributed by atoms with Gasteiger partial charge < -0.3 is 15.3 Å². The Balaban J connectivity index is 2.25. The molecule has 5 nitrogen and oxygen atoms in total. The highest BCUT2D eigenvalue weighted by Gasteiger charge is 2.56. The van der Waals surface area contributed by atoms with E-state index in [0.29, 0.717) is 12.2 Å². The van der Waals surface area contributed by atoms with Crippen LogP contribution in [0.4, 0.5) is 0 Å². The number of amides is 1.